The van der Waals surface area contributed by atoms with Crippen LogP contribution in [0, 0.1) is 0 Å². The Kier molecular flexibility index (Phi) is 11.1. The molecule has 42 heavy (non-hydrogen) atoms. The first-order valence-electron chi connectivity index (χ1n) is 13.8. The fourth-order valence-corrected chi connectivity index (χ4v) is 4.51. The summed E-state index contributed by atoms with van der Waals surface area (Å²) in [6.45, 7) is 8.26. The van der Waals surface area contributed by atoms with Crippen LogP contribution in [0.5, 0.6) is 0 Å². The normalized spacial score (nSPS) is 14.5. The number of ether oxygens (including phenoxy) is 1. The molecule has 2 saturated heterocycles. The second-order valence-corrected chi connectivity index (χ2v) is 9.53. The third-order valence-corrected chi connectivity index (χ3v) is 6.87. The van der Waals surface area contributed by atoms with Crippen LogP contribution in [0.25, 0.3) is 22.3 Å². The van der Waals surface area contributed by atoms with Crippen molar-refractivity contribution in [2.75, 3.05) is 68.6 Å². The summed E-state index contributed by atoms with van der Waals surface area (Å²) in [4.78, 5) is 44.4. The number of hydrogen-bond acceptors (Lipinski definition) is 11. The van der Waals surface area contributed by atoms with Crippen molar-refractivity contribution in [3.8, 4) is 11.3 Å². The van der Waals surface area contributed by atoms with Crippen molar-refractivity contribution < 1.29 is 14.3 Å². The minimum Gasteiger partial charge on any atom is -0.388 e. The molecule has 220 valence electrons. The van der Waals surface area contributed by atoms with Gasteiger partial charge in [-0.05, 0) is 43.0 Å². The lowest BCUT2D eigenvalue weighted by atomic mass is 10.1. The summed E-state index contributed by atoms with van der Waals surface area (Å²) in [5.74, 6) is 2.48. The Bertz CT molecular complexity index is 1440. The summed E-state index contributed by atoms with van der Waals surface area (Å²) in [5.41, 5.74) is 4.15. The van der Waals surface area contributed by atoms with Gasteiger partial charge >= 0.3 is 0 Å². The number of carbonyl (C=O) groups is 2. The minimum absolute atomic E-state index is 0.289. The van der Waals surface area contributed by atoms with Gasteiger partial charge < -0.3 is 34.9 Å². The molecule has 1 aromatic carbocycles. The van der Waals surface area contributed by atoms with Gasteiger partial charge in [0.25, 0.3) is 0 Å². The highest BCUT2D eigenvalue weighted by molar-refractivity contribution is 5.92. The maximum atomic E-state index is 10.3. The number of H-pyrrole nitrogens is 1. The van der Waals surface area contributed by atoms with Crippen LogP contribution in [0.4, 0.5) is 17.3 Å². The first kappa shape index (κ1) is 30.3. The van der Waals surface area contributed by atoms with Crippen LogP contribution in [0.1, 0.15) is 5.82 Å². The standard InChI is InChI=1S/C17H19N5O.C10H14N4O.C3H4O/c1-18-13-4-2-12(3-5-13)15-10-14-16(21-15)19-11-20-17(14)22-6-8-23-9-7-22;1-11-8-6-14(7-8)10-2-4-12-9(13-10)3-5-15;1-2-3-4/h2-5,10-11,18H,6-9H2,1H3,(H,19,20,21);2,4-5,8,11H,3,6-7H2,1H3;2-3H,1H2. The Labute approximate surface area is 245 Å². The van der Waals surface area contributed by atoms with E-state index in [2.05, 4.69) is 82.3 Å². The van der Waals surface area contributed by atoms with E-state index in [0.717, 1.165) is 85.3 Å². The molecule has 0 amide bonds. The number of anilines is 3. The number of allylic oxidation sites excluding steroid dienone is 1. The molecule has 0 radical (unpaired) electrons. The number of nitrogens with one attached hydrogen (secondary N) is 3. The number of rotatable bonds is 8. The van der Waals surface area contributed by atoms with E-state index in [9.17, 15) is 4.79 Å². The van der Waals surface area contributed by atoms with Crippen LogP contribution < -0.4 is 20.4 Å². The van der Waals surface area contributed by atoms with E-state index >= 15 is 0 Å². The van der Waals surface area contributed by atoms with Gasteiger partial charge in [-0.3, -0.25) is 4.79 Å². The Morgan fingerprint density at radius 1 is 1.05 bits per heavy atom. The number of nitrogens with zero attached hydrogens (tertiary/aromatic N) is 6. The van der Waals surface area contributed by atoms with Crippen molar-refractivity contribution in [1.82, 2.24) is 30.2 Å². The molecule has 0 atom stereocenters. The van der Waals surface area contributed by atoms with Crippen molar-refractivity contribution in [1.29, 1.82) is 0 Å². The largest absolute Gasteiger partial charge is 0.388 e. The quantitative estimate of drug-likeness (QED) is 0.212. The van der Waals surface area contributed by atoms with Crippen LogP contribution in [-0.2, 0) is 20.7 Å². The summed E-state index contributed by atoms with van der Waals surface area (Å²) in [6, 6.07) is 12.9. The maximum absolute atomic E-state index is 10.3. The Morgan fingerprint density at radius 3 is 2.43 bits per heavy atom. The van der Waals surface area contributed by atoms with E-state index in [1.165, 1.54) is 6.08 Å². The van der Waals surface area contributed by atoms with Crippen molar-refractivity contribution in [2.24, 2.45) is 0 Å². The van der Waals surface area contributed by atoms with Crippen LogP contribution in [0.3, 0.4) is 0 Å². The van der Waals surface area contributed by atoms with Gasteiger partial charge in [0.2, 0.25) is 0 Å². The van der Waals surface area contributed by atoms with E-state index in [1.807, 2.05) is 20.2 Å². The highest BCUT2D eigenvalue weighted by atomic mass is 16.5. The fourth-order valence-electron chi connectivity index (χ4n) is 4.51. The predicted molar refractivity (Wildman–Crippen MR) is 165 cm³/mol. The van der Waals surface area contributed by atoms with Crippen molar-refractivity contribution in [3.63, 3.8) is 0 Å². The zero-order valence-electron chi connectivity index (χ0n) is 24.0. The summed E-state index contributed by atoms with van der Waals surface area (Å²) in [6.07, 6.45) is 6.27. The molecule has 4 aromatic rings. The van der Waals surface area contributed by atoms with Crippen LogP contribution in [0.15, 0.2) is 61.6 Å². The number of benzene rings is 1. The van der Waals surface area contributed by atoms with Gasteiger partial charge in [0.05, 0.1) is 25.0 Å². The van der Waals surface area contributed by atoms with E-state index < -0.39 is 0 Å². The lowest BCUT2D eigenvalue weighted by Gasteiger charge is -2.39. The molecule has 0 unspecified atom stereocenters. The molecule has 0 spiro atoms. The number of morpholine rings is 1. The number of aldehydes is 2. The molecular formula is C30H37N9O3. The average Bonchev–Trinajstić information content (AvgIpc) is 3.47. The average molecular weight is 572 g/mol. The van der Waals surface area contributed by atoms with Gasteiger partial charge in [0, 0.05) is 56.8 Å². The monoisotopic (exact) mass is 571 g/mol. The second kappa shape index (κ2) is 15.4. The molecule has 12 nitrogen and oxygen atoms in total. The van der Waals surface area contributed by atoms with Gasteiger partial charge in [-0.2, -0.15) is 0 Å². The zero-order valence-corrected chi connectivity index (χ0v) is 24.0. The van der Waals surface area contributed by atoms with Crippen LogP contribution in [0.2, 0.25) is 0 Å². The number of aromatic amines is 1. The summed E-state index contributed by atoms with van der Waals surface area (Å²) >= 11 is 0. The van der Waals surface area contributed by atoms with Crippen molar-refractivity contribution in [2.45, 2.75) is 12.5 Å². The number of carbonyl (C=O) groups excluding carboxylic acids is 2. The van der Waals surface area contributed by atoms with Crippen LogP contribution >= 0.6 is 0 Å². The number of likely N-dealkylation sites (N-methyl/N-ethyl adjacent to an activating group) is 1. The Morgan fingerprint density at radius 2 is 1.79 bits per heavy atom. The predicted octanol–water partition coefficient (Wildman–Crippen LogP) is 2.50. The van der Waals surface area contributed by atoms with Gasteiger partial charge in [-0.25, -0.2) is 19.9 Å². The Hall–Kier alpha value is -4.68. The molecule has 2 aliphatic heterocycles. The molecule has 5 heterocycles. The highest BCUT2D eigenvalue weighted by Gasteiger charge is 2.26. The third-order valence-electron chi connectivity index (χ3n) is 6.87. The fraction of sp³-hybridized carbons (Fsp3) is 0.333. The molecule has 0 bridgehead atoms. The summed E-state index contributed by atoms with van der Waals surface area (Å²) < 4.78 is 5.43. The van der Waals surface area contributed by atoms with Crippen LogP contribution in [-0.4, -0.2) is 97.0 Å². The van der Waals surface area contributed by atoms with E-state index in [4.69, 9.17) is 9.53 Å². The van der Waals surface area contributed by atoms with Gasteiger partial charge in [0.1, 0.15) is 42.0 Å². The number of fused-ring (bicyclic) bond motifs is 1. The first-order valence-corrected chi connectivity index (χ1v) is 13.8. The highest BCUT2D eigenvalue weighted by Crippen LogP contribution is 2.29. The van der Waals surface area contributed by atoms with Crippen molar-refractivity contribution in [3.05, 3.63) is 67.4 Å². The molecule has 3 N–H and O–H groups in total. The van der Waals surface area contributed by atoms with E-state index in [0.29, 0.717) is 18.2 Å². The zero-order chi connectivity index (χ0) is 29.7. The lowest BCUT2D eigenvalue weighted by Crippen LogP contribution is -2.57. The molecule has 12 heteroatoms. The molecule has 2 aliphatic rings. The summed E-state index contributed by atoms with van der Waals surface area (Å²) in [7, 11) is 3.88. The molecular weight excluding hydrogens is 534 g/mol. The third kappa shape index (κ3) is 7.74. The van der Waals surface area contributed by atoms with E-state index in [-0.39, 0.29) is 6.42 Å². The van der Waals surface area contributed by atoms with E-state index in [1.54, 1.807) is 12.5 Å². The Balaban J connectivity index is 0.000000184. The molecule has 3 aromatic heterocycles. The molecule has 0 saturated carbocycles. The molecule has 2 fully saturated rings. The molecule has 0 aliphatic carbocycles. The number of hydrogen-bond donors (Lipinski definition) is 3. The SMILES string of the molecule is C=CC=O.CNC1CN(c2ccnc(CC=O)n2)C1.CNc1ccc(-c2cc3c(N4CCOCC4)ncnc3[nH]2)cc1. The minimum atomic E-state index is 0.289. The second-order valence-electron chi connectivity index (χ2n) is 9.53. The topological polar surface area (TPSA) is 141 Å². The molecule has 6 rings (SSSR count). The van der Waals surface area contributed by atoms with Gasteiger partial charge in [0.15, 0.2) is 0 Å². The maximum Gasteiger partial charge on any atom is 0.143 e. The van der Waals surface area contributed by atoms with Gasteiger partial charge in [-0.15, -0.1) is 0 Å². The van der Waals surface area contributed by atoms with Crippen molar-refractivity contribution >= 4 is 40.9 Å². The first-order chi connectivity index (χ1) is 20.6. The summed E-state index contributed by atoms with van der Waals surface area (Å²) in [5, 5.41) is 7.39. The number of aromatic nitrogens is 5. The van der Waals surface area contributed by atoms with Gasteiger partial charge in [-0.1, -0.05) is 18.7 Å². The smallest absolute Gasteiger partial charge is 0.143 e. The lowest BCUT2D eigenvalue weighted by molar-refractivity contribution is -0.107.